The summed E-state index contributed by atoms with van der Waals surface area (Å²) in [5.74, 6) is -1.62. The van der Waals surface area contributed by atoms with Crippen LogP contribution in [0.1, 0.15) is 21.5 Å². The minimum absolute atomic E-state index is 0.0270. The van der Waals surface area contributed by atoms with Crippen LogP contribution in [0.4, 0.5) is 4.79 Å². The number of hydrogen-bond acceptors (Lipinski definition) is 7. The van der Waals surface area contributed by atoms with E-state index in [-0.39, 0.29) is 28.5 Å². The summed E-state index contributed by atoms with van der Waals surface area (Å²) in [5, 5.41) is 10.4. The van der Waals surface area contributed by atoms with Gasteiger partial charge in [0.25, 0.3) is 11.1 Å². The first-order valence-electron chi connectivity index (χ1n) is 8.43. The van der Waals surface area contributed by atoms with Crippen molar-refractivity contribution in [1.82, 2.24) is 4.90 Å². The number of nitrogens with zero attached hydrogens (tertiary/aromatic N) is 1. The average molecular weight is 468 g/mol. The van der Waals surface area contributed by atoms with Crippen LogP contribution in [-0.2, 0) is 16.1 Å². The van der Waals surface area contributed by atoms with Gasteiger partial charge >= 0.3 is 5.97 Å². The van der Waals surface area contributed by atoms with E-state index in [9.17, 15) is 19.5 Å². The number of phenolic OH excluding ortho intramolecular Hbond substituents is 1. The average Bonchev–Trinajstić information content (AvgIpc) is 2.98. The largest absolute Gasteiger partial charge is 0.504 e. The van der Waals surface area contributed by atoms with Gasteiger partial charge in [-0.2, -0.15) is 0 Å². The molecule has 0 aromatic heterocycles. The molecule has 1 heterocycles. The van der Waals surface area contributed by atoms with Crippen LogP contribution in [0.3, 0.4) is 0 Å². The molecule has 2 aromatic carbocycles. The molecule has 156 valence electrons. The van der Waals surface area contributed by atoms with Crippen LogP contribution in [0.15, 0.2) is 35.2 Å². The Hall–Kier alpha value is -2.68. The number of imide groups is 1. The number of carbonyl (C=O) groups is 3. The molecule has 0 unspecified atom stereocenters. The molecule has 1 aliphatic rings. The zero-order valence-corrected chi connectivity index (χ0v) is 18.1. The number of halogens is 2. The molecule has 3 rings (SSSR count). The standard InChI is InChI=1S/C20H15Cl2NO6S/c1-28-15-7-11(5-12(17(15)24)19(26)29-2)8-16-18(25)23(20(27)30-16)9-10-3-4-13(21)14(22)6-10/h3-8,24H,9H2,1-2H3/b16-8-. The lowest BCUT2D eigenvalue weighted by Gasteiger charge is -2.13. The molecule has 0 aliphatic carbocycles. The Labute approximate surface area is 186 Å². The molecule has 0 radical (unpaired) electrons. The molecule has 2 amide bonds. The molecule has 0 bridgehead atoms. The van der Waals surface area contributed by atoms with Gasteiger partial charge in [-0.1, -0.05) is 29.3 Å². The number of hydrogen-bond donors (Lipinski definition) is 1. The highest BCUT2D eigenvalue weighted by Gasteiger charge is 2.35. The molecule has 10 heteroatoms. The van der Waals surface area contributed by atoms with Gasteiger partial charge in [-0.3, -0.25) is 14.5 Å². The summed E-state index contributed by atoms with van der Waals surface area (Å²) in [6.07, 6.45) is 1.44. The molecule has 0 saturated carbocycles. The number of thioether (sulfide) groups is 1. The topological polar surface area (TPSA) is 93.1 Å². The second-order valence-electron chi connectivity index (χ2n) is 6.13. The Bertz CT molecular complexity index is 1090. The summed E-state index contributed by atoms with van der Waals surface area (Å²) in [6.45, 7) is 0.0329. The lowest BCUT2D eigenvalue weighted by Crippen LogP contribution is -2.27. The number of phenols is 1. The molecule has 0 spiro atoms. The summed E-state index contributed by atoms with van der Waals surface area (Å²) in [7, 11) is 2.50. The van der Waals surface area contributed by atoms with Crippen LogP contribution in [0, 0.1) is 0 Å². The normalized spacial score (nSPS) is 15.1. The SMILES string of the molecule is COC(=O)c1cc(/C=C2\SC(=O)N(Cc3ccc(Cl)c(Cl)c3)C2=O)cc(OC)c1O. The van der Waals surface area contributed by atoms with E-state index < -0.39 is 17.1 Å². The molecule has 0 atom stereocenters. The van der Waals surface area contributed by atoms with Crippen molar-refractivity contribution >= 4 is 58.2 Å². The molecular formula is C20H15Cl2NO6S. The van der Waals surface area contributed by atoms with Gasteiger partial charge in [0.2, 0.25) is 0 Å². The van der Waals surface area contributed by atoms with Crippen LogP contribution in [-0.4, -0.2) is 41.3 Å². The second-order valence-corrected chi connectivity index (χ2v) is 7.93. The van der Waals surface area contributed by atoms with Crippen molar-refractivity contribution in [3.63, 3.8) is 0 Å². The van der Waals surface area contributed by atoms with Gasteiger partial charge in [-0.15, -0.1) is 0 Å². The Morgan fingerprint density at radius 2 is 1.90 bits per heavy atom. The number of rotatable bonds is 5. The van der Waals surface area contributed by atoms with Gasteiger partial charge < -0.3 is 14.6 Å². The quantitative estimate of drug-likeness (QED) is 0.501. The van der Waals surface area contributed by atoms with Crippen LogP contribution in [0.25, 0.3) is 6.08 Å². The number of ether oxygens (including phenoxy) is 2. The van der Waals surface area contributed by atoms with Crippen molar-refractivity contribution in [2.45, 2.75) is 6.54 Å². The van der Waals surface area contributed by atoms with Gasteiger partial charge in [0.1, 0.15) is 5.56 Å². The lowest BCUT2D eigenvalue weighted by molar-refractivity contribution is -0.123. The third-order valence-corrected chi connectivity index (χ3v) is 5.86. The Kier molecular flexibility index (Phi) is 6.60. The van der Waals surface area contributed by atoms with Crippen LogP contribution in [0.5, 0.6) is 11.5 Å². The Morgan fingerprint density at radius 1 is 1.17 bits per heavy atom. The maximum Gasteiger partial charge on any atom is 0.341 e. The summed E-state index contributed by atoms with van der Waals surface area (Å²) in [4.78, 5) is 38.3. The van der Waals surface area contributed by atoms with Crippen LogP contribution < -0.4 is 4.74 Å². The smallest absolute Gasteiger partial charge is 0.341 e. The number of aromatic hydroxyl groups is 1. The summed E-state index contributed by atoms with van der Waals surface area (Å²) < 4.78 is 9.73. The zero-order valence-electron chi connectivity index (χ0n) is 15.8. The molecule has 1 saturated heterocycles. The number of esters is 1. The minimum Gasteiger partial charge on any atom is -0.504 e. The van der Waals surface area contributed by atoms with Crippen molar-refractivity contribution in [3.8, 4) is 11.5 Å². The highest BCUT2D eigenvalue weighted by molar-refractivity contribution is 8.18. The molecular weight excluding hydrogens is 453 g/mol. The first-order valence-corrected chi connectivity index (χ1v) is 10.0. The van der Waals surface area contributed by atoms with Gasteiger partial charge in [-0.25, -0.2) is 4.79 Å². The van der Waals surface area contributed by atoms with Crippen LogP contribution >= 0.6 is 35.0 Å². The van der Waals surface area contributed by atoms with Gasteiger partial charge in [0.05, 0.1) is 35.7 Å². The maximum atomic E-state index is 12.8. The molecule has 1 fully saturated rings. The van der Waals surface area contributed by atoms with E-state index in [1.54, 1.807) is 18.2 Å². The van der Waals surface area contributed by atoms with E-state index in [4.69, 9.17) is 27.9 Å². The molecule has 1 aliphatic heterocycles. The predicted molar refractivity (Wildman–Crippen MR) is 114 cm³/mol. The third kappa shape index (κ3) is 4.40. The summed E-state index contributed by atoms with van der Waals surface area (Å²) in [6, 6.07) is 7.63. The number of methoxy groups -OCH3 is 2. The molecule has 2 aromatic rings. The predicted octanol–water partition coefficient (Wildman–Crippen LogP) is 4.73. The first kappa shape index (κ1) is 22.0. The fourth-order valence-electron chi connectivity index (χ4n) is 2.74. The first-order chi connectivity index (χ1) is 14.2. The maximum absolute atomic E-state index is 12.8. The fraction of sp³-hybridized carbons (Fsp3) is 0.150. The fourth-order valence-corrected chi connectivity index (χ4v) is 3.90. The highest BCUT2D eigenvalue weighted by atomic mass is 35.5. The van der Waals surface area contributed by atoms with E-state index in [0.717, 1.165) is 16.7 Å². The summed E-state index contributed by atoms with van der Waals surface area (Å²) in [5.41, 5.74) is 0.899. The minimum atomic E-state index is -0.770. The molecule has 1 N–H and O–H groups in total. The van der Waals surface area contributed by atoms with Crippen molar-refractivity contribution in [1.29, 1.82) is 0 Å². The third-order valence-electron chi connectivity index (χ3n) is 4.22. The molecule has 7 nitrogen and oxygen atoms in total. The highest BCUT2D eigenvalue weighted by Crippen LogP contribution is 2.37. The van der Waals surface area contributed by atoms with Gasteiger partial charge in [0.15, 0.2) is 11.5 Å². The van der Waals surface area contributed by atoms with E-state index >= 15 is 0 Å². The van der Waals surface area contributed by atoms with Crippen LogP contribution in [0.2, 0.25) is 10.0 Å². The van der Waals surface area contributed by atoms with Crippen molar-refractivity contribution < 1.29 is 29.0 Å². The van der Waals surface area contributed by atoms with E-state index in [0.29, 0.717) is 21.2 Å². The van der Waals surface area contributed by atoms with E-state index in [1.807, 2.05) is 0 Å². The van der Waals surface area contributed by atoms with E-state index in [1.165, 1.54) is 32.4 Å². The number of amides is 2. The van der Waals surface area contributed by atoms with E-state index in [2.05, 4.69) is 4.74 Å². The monoisotopic (exact) mass is 467 g/mol. The van der Waals surface area contributed by atoms with Crippen molar-refractivity contribution in [2.75, 3.05) is 14.2 Å². The summed E-state index contributed by atoms with van der Waals surface area (Å²) >= 11 is 12.7. The number of carbonyl (C=O) groups excluding carboxylic acids is 3. The lowest BCUT2D eigenvalue weighted by atomic mass is 10.1. The van der Waals surface area contributed by atoms with Crippen molar-refractivity contribution in [2.24, 2.45) is 0 Å². The van der Waals surface area contributed by atoms with Crippen molar-refractivity contribution in [3.05, 3.63) is 62.0 Å². The Balaban J connectivity index is 1.91. The second kappa shape index (κ2) is 8.99. The van der Waals surface area contributed by atoms with Gasteiger partial charge in [0, 0.05) is 0 Å². The van der Waals surface area contributed by atoms with Gasteiger partial charge in [-0.05, 0) is 53.2 Å². The Morgan fingerprint density at radius 3 is 2.53 bits per heavy atom. The zero-order chi connectivity index (χ0) is 22.0. The number of benzene rings is 2. The molecule has 30 heavy (non-hydrogen) atoms.